The number of aromatic nitrogens is 5. The zero-order chi connectivity index (χ0) is 23.3. The van der Waals surface area contributed by atoms with Crippen molar-refractivity contribution in [2.75, 3.05) is 25.1 Å². The molecule has 3 aromatic heterocycles. The summed E-state index contributed by atoms with van der Waals surface area (Å²) in [4.78, 5) is 15.2. The molecule has 4 aliphatic rings. The molecule has 178 valence electrons. The molecular weight excluding hydrogens is 453 g/mol. The molecule has 3 N–H and O–H groups in total. The van der Waals surface area contributed by atoms with Crippen molar-refractivity contribution in [2.24, 2.45) is 5.92 Å². The number of aromatic amines is 1. The van der Waals surface area contributed by atoms with Gasteiger partial charge in [-0.3, -0.25) is 5.10 Å². The van der Waals surface area contributed by atoms with Gasteiger partial charge in [0.15, 0.2) is 5.82 Å². The quantitative estimate of drug-likeness (QED) is 0.519. The summed E-state index contributed by atoms with van der Waals surface area (Å²) in [5.41, 5.74) is 0.899. The minimum Gasteiger partial charge on any atom is -0.450 e. The average Bonchev–Trinajstić information content (AvgIpc) is 3.49. The third-order valence-electron chi connectivity index (χ3n) is 5.70. The van der Waals surface area contributed by atoms with Gasteiger partial charge in [-0.15, -0.1) is 0 Å². The summed E-state index contributed by atoms with van der Waals surface area (Å²) in [6.45, 7) is 3.22. The van der Waals surface area contributed by atoms with Crippen LogP contribution in [-0.4, -0.2) is 62.4 Å². The maximum absolute atomic E-state index is 11.8. The molecule has 0 spiro atoms. The van der Waals surface area contributed by atoms with Gasteiger partial charge in [0.2, 0.25) is 0 Å². The van der Waals surface area contributed by atoms with Crippen molar-refractivity contribution >= 4 is 34.8 Å². The van der Waals surface area contributed by atoms with Gasteiger partial charge in [0.1, 0.15) is 17.5 Å². The number of alkyl halides is 1. The minimum atomic E-state index is -0.676. The van der Waals surface area contributed by atoms with E-state index >= 15 is 0 Å². The second-order valence-corrected chi connectivity index (χ2v) is 8.63. The third-order valence-corrected chi connectivity index (χ3v) is 5.97. The van der Waals surface area contributed by atoms with Crippen molar-refractivity contribution in [1.29, 1.82) is 0 Å². The number of hydrogen-bond acceptors (Lipinski definition) is 7. The highest BCUT2D eigenvalue weighted by Gasteiger charge is 2.57. The number of anilines is 2. The number of H-pyrrole nitrogens is 1. The first-order valence-corrected chi connectivity index (χ1v) is 11.3. The molecule has 1 amide bonds. The highest BCUT2D eigenvalue weighted by molar-refractivity contribution is 6.34. The van der Waals surface area contributed by atoms with E-state index in [1.165, 1.54) is 19.3 Å². The fourth-order valence-corrected chi connectivity index (χ4v) is 4.19. The monoisotopic (exact) mass is 479 g/mol. The first kappa shape index (κ1) is 23.2. The van der Waals surface area contributed by atoms with Crippen LogP contribution in [0.4, 0.5) is 20.8 Å². The summed E-state index contributed by atoms with van der Waals surface area (Å²) in [5.74, 6) is 2.28. The summed E-state index contributed by atoms with van der Waals surface area (Å²) in [6, 6.07) is 1.80. The number of carbonyl (C=O) groups excluding carboxylic acids is 1. The van der Waals surface area contributed by atoms with Gasteiger partial charge < -0.3 is 20.1 Å². The molecule has 0 radical (unpaired) electrons. The molecule has 33 heavy (non-hydrogen) atoms. The number of halogens is 2. The molecule has 3 aromatic rings. The predicted octanol–water partition coefficient (Wildman–Crippen LogP) is 3.88. The van der Waals surface area contributed by atoms with Gasteiger partial charge in [-0.25, -0.2) is 18.7 Å². The molecule has 12 heteroatoms. The van der Waals surface area contributed by atoms with E-state index < -0.39 is 6.17 Å². The second-order valence-electron chi connectivity index (χ2n) is 8.22. The number of amides is 1. The SMILES string of the molecule is CCOC(=O)NC12CC(C1)C2.Clc1cnn2ccnc(Nc3ccn[nH]3)c12.FC1CCOC1. The van der Waals surface area contributed by atoms with Crippen LogP contribution in [0.3, 0.4) is 0 Å². The van der Waals surface area contributed by atoms with E-state index in [0.717, 1.165) is 17.3 Å². The molecule has 1 aliphatic heterocycles. The third kappa shape index (κ3) is 5.72. The van der Waals surface area contributed by atoms with E-state index in [9.17, 15) is 9.18 Å². The van der Waals surface area contributed by atoms with Gasteiger partial charge in [-0.1, -0.05) is 11.6 Å². The minimum absolute atomic E-state index is 0.164. The van der Waals surface area contributed by atoms with E-state index in [-0.39, 0.29) is 11.6 Å². The van der Waals surface area contributed by atoms with Gasteiger partial charge in [-0.05, 0) is 32.1 Å². The Labute approximate surface area is 195 Å². The van der Waals surface area contributed by atoms with Gasteiger partial charge in [0.05, 0.1) is 30.6 Å². The number of ether oxygens (including phenoxy) is 2. The Morgan fingerprint density at radius 2 is 2.24 bits per heavy atom. The standard InChI is InChI=1S/C9H7ClN6.C8H13NO2.C4H7FO/c10-6-5-13-16-4-3-11-9(8(6)16)14-7-1-2-12-15-7;1-2-11-7(10)9-8-3-6(4-8)5-8;5-4-1-2-6-3-4/h1-5H,(H2,11,12,14,15);6H,2-5H2,1H3,(H,9,10);4H,1-3H2. The number of rotatable bonds is 4. The van der Waals surface area contributed by atoms with Crippen LogP contribution in [0, 0.1) is 5.92 Å². The van der Waals surface area contributed by atoms with Crippen LogP contribution < -0.4 is 10.6 Å². The lowest BCUT2D eigenvalue weighted by atomic mass is 9.50. The number of fused-ring (bicyclic) bond motifs is 1. The Morgan fingerprint density at radius 3 is 2.79 bits per heavy atom. The summed E-state index contributed by atoms with van der Waals surface area (Å²) < 4.78 is 22.9. The zero-order valence-corrected chi connectivity index (χ0v) is 19.0. The summed E-state index contributed by atoms with van der Waals surface area (Å²) >= 11 is 6.03. The topological polar surface area (TPSA) is 118 Å². The Balaban J connectivity index is 0.000000132. The molecule has 7 rings (SSSR count). The fourth-order valence-electron chi connectivity index (χ4n) is 3.97. The molecule has 10 nitrogen and oxygen atoms in total. The smallest absolute Gasteiger partial charge is 0.407 e. The van der Waals surface area contributed by atoms with Crippen LogP contribution >= 0.6 is 11.6 Å². The molecule has 4 heterocycles. The maximum Gasteiger partial charge on any atom is 0.407 e. The zero-order valence-electron chi connectivity index (χ0n) is 18.3. The predicted molar refractivity (Wildman–Crippen MR) is 120 cm³/mol. The first-order valence-electron chi connectivity index (χ1n) is 10.9. The van der Waals surface area contributed by atoms with Crippen molar-refractivity contribution in [3.05, 3.63) is 35.9 Å². The van der Waals surface area contributed by atoms with Crippen molar-refractivity contribution in [3.63, 3.8) is 0 Å². The number of nitrogens with zero attached hydrogens (tertiary/aromatic N) is 4. The van der Waals surface area contributed by atoms with Crippen LogP contribution in [-0.2, 0) is 9.47 Å². The summed E-state index contributed by atoms with van der Waals surface area (Å²) in [7, 11) is 0. The van der Waals surface area contributed by atoms with E-state index in [1.54, 1.807) is 35.4 Å². The van der Waals surface area contributed by atoms with Crippen LogP contribution in [0.25, 0.3) is 5.52 Å². The second kappa shape index (κ2) is 10.3. The van der Waals surface area contributed by atoms with Crippen molar-refractivity contribution in [2.45, 2.75) is 44.3 Å². The van der Waals surface area contributed by atoms with E-state index in [1.807, 2.05) is 6.92 Å². The molecule has 2 bridgehead atoms. The molecule has 3 aliphatic carbocycles. The van der Waals surface area contributed by atoms with Gasteiger partial charge in [-0.2, -0.15) is 10.2 Å². The lowest BCUT2D eigenvalue weighted by molar-refractivity contribution is -0.0474. The van der Waals surface area contributed by atoms with Crippen LogP contribution in [0.15, 0.2) is 30.9 Å². The summed E-state index contributed by atoms with van der Waals surface area (Å²) in [6.07, 6.45) is 9.81. The molecule has 1 saturated heterocycles. The number of alkyl carbamates (subject to hydrolysis) is 1. The van der Waals surface area contributed by atoms with Crippen LogP contribution in [0.1, 0.15) is 32.6 Å². The maximum atomic E-state index is 11.8. The largest absolute Gasteiger partial charge is 0.450 e. The molecule has 0 aromatic carbocycles. The summed E-state index contributed by atoms with van der Waals surface area (Å²) in [5, 5.41) is 17.2. The van der Waals surface area contributed by atoms with Crippen molar-refractivity contribution in [1.82, 2.24) is 30.1 Å². The van der Waals surface area contributed by atoms with Crippen molar-refractivity contribution < 1.29 is 18.7 Å². The van der Waals surface area contributed by atoms with Crippen LogP contribution in [0.5, 0.6) is 0 Å². The fraction of sp³-hybridized carbons (Fsp3) is 0.524. The van der Waals surface area contributed by atoms with E-state index in [0.29, 0.717) is 37.1 Å². The normalized spacial score (nSPS) is 24.3. The Kier molecular flexibility index (Phi) is 7.29. The van der Waals surface area contributed by atoms with E-state index in [2.05, 4.69) is 35.7 Å². The Bertz CT molecular complexity index is 1040. The number of nitrogens with one attached hydrogen (secondary N) is 3. The molecule has 4 fully saturated rings. The lowest BCUT2D eigenvalue weighted by Gasteiger charge is -2.61. The van der Waals surface area contributed by atoms with Gasteiger partial charge in [0.25, 0.3) is 0 Å². The number of carbonyl (C=O) groups is 1. The Morgan fingerprint density at radius 1 is 1.42 bits per heavy atom. The van der Waals surface area contributed by atoms with Gasteiger partial charge >= 0.3 is 6.09 Å². The molecule has 1 unspecified atom stereocenters. The molecule has 3 saturated carbocycles. The lowest BCUT2D eigenvalue weighted by Crippen LogP contribution is -2.68. The first-order chi connectivity index (χ1) is 16.0. The van der Waals surface area contributed by atoms with Crippen LogP contribution in [0.2, 0.25) is 5.02 Å². The average molecular weight is 480 g/mol. The van der Waals surface area contributed by atoms with Crippen molar-refractivity contribution in [3.8, 4) is 0 Å². The molecular formula is C21H27ClFN7O3. The van der Waals surface area contributed by atoms with E-state index in [4.69, 9.17) is 16.3 Å². The Hall–Kier alpha value is -2.92. The van der Waals surface area contributed by atoms with Gasteiger partial charge in [0, 0.05) is 37.0 Å². The number of hydrogen-bond donors (Lipinski definition) is 3. The molecule has 1 atom stereocenters. The highest BCUT2D eigenvalue weighted by Crippen LogP contribution is 2.56. The highest BCUT2D eigenvalue weighted by atomic mass is 35.5.